The van der Waals surface area contributed by atoms with E-state index in [1.807, 2.05) is 48.7 Å². The van der Waals surface area contributed by atoms with Crippen LogP contribution in [0, 0.1) is 6.92 Å². The number of thiophene rings is 1. The topological polar surface area (TPSA) is 69.9 Å². The minimum absolute atomic E-state index is 0.174. The number of carbonyl (C=O) groups excluding carboxylic acids is 1. The molecule has 0 saturated heterocycles. The summed E-state index contributed by atoms with van der Waals surface area (Å²) in [6, 6.07) is 8.94. The number of hydrogen-bond acceptors (Lipinski definition) is 7. The van der Waals surface area contributed by atoms with Crippen molar-refractivity contribution in [3.05, 3.63) is 82.7 Å². The van der Waals surface area contributed by atoms with E-state index in [4.69, 9.17) is 9.47 Å². The van der Waals surface area contributed by atoms with Gasteiger partial charge in [0.05, 0.1) is 29.5 Å². The Bertz CT molecular complexity index is 1340. The van der Waals surface area contributed by atoms with E-state index in [-0.39, 0.29) is 12.2 Å². The van der Waals surface area contributed by atoms with Crippen LogP contribution in [-0.4, -0.2) is 24.3 Å². The van der Waals surface area contributed by atoms with Crippen molar-refractivity contribution in [1.29, 1.82) is 0 Å². The van der Waals surface area contributed by atoms with Crippen molar-refractivity contribution in [1.82, 2.24) is 4.57 Å². The van der Waals surface area contributed by atoms with E-state index in [0.717, 1.165) is 21.8 Å². The van der Waals surface area contributed by atoms with Gasteiger partial charge >= 0.3 is 5.97 Å². The second-order valence-corrected chi connectivity index (χ2v) is 9.00. The number of ether oxygens (including phenoxy) is 2. The average molecular weight is 455 g/mol. The molecule has 0 saturated carbocycles. The molecule has 1 atom stereocenters. The van der Waals surface area contributed by atoms with Crippen LogP contribution in [0.2, 0.25) is 0 Å². The molecule has 2 aromatic heterocycles. The van der Waals surface area contributed by atoms with Crippen LogP contribution in [0.25, 0.3) is 6.08 Å². The Hall–Kier alpha value is -2.97. The zero-order valence-electron chi connectivity index (χ0n) is 17.7. The molecule has 0 spiro atoms. The van der Waals surface area contributed by atoms with E-state index in [1.165, 1.54) is 22.7 Å². The second-order valence-electron chi connectivity index (χ2n) is 7.04. The summed E-state index contributed by atoms with van der Waals surface area (Å²) in [6.07, 6.45) is 1.84. The molecular weight excluding hydrogens is 432 g/mol. The van der Waals surface area contributed by atoms with Crippen molar-refractivity contribution in [2.24, 2.45) is 4.99 Å². The quantitative estimate of drug-likeness (QED) is 0.556. The first-order chi connectivity index (χ1) is 14.9. The van der Waals surface area contributed by atoms with E-state index >= 15 is 0 Å². The standard InChI is InChI=1S/C23H22N2O4S2/c1-5-29-22(27)18-14(3)24-23-25(19(18)20-13(2)10-11-30-20)21(26)17(31-23)12-15-6-8-16(28-4)9-7-15/h6-12,19H,5H2,1-4H3/b17-12+. The maximum atomic E-state index is 13.5. The van der Waals surface area contributed by atoms with Crippen molar-refractivity contribution >= 4 is 34.7 Å². The van der Waals surface area contributed by atoms with Crippen molar-refractivity contribution in [2.75, 3.05) is 13.7 Å². The molecule has 0 amide bonds. The predicted octanol–water partition coefficient (Wildman–Crippen LogP) is 3.18. The molecule has 1 aliphatic heterocycles. The molecule has 4 rings (SSSR count). The molecule has 0 bridgehead atoms. The maximum absolute atomic E-state index is 13.5. The van der Waals surface area contributed by atoms with Crippen LogP contribution in [0.15, 0.2) is 56.8 Å². The van der Waals surface area contributed by atoms with Gasteiger partial charge in [0.1, 0.15) is 11.8 Å². The summed E-state index contributed by atoms with van der Waals surface area (Å²) in [5.41, 5.74) is 2.73. The van der Waals surface area contributed by atoms with Crippen molar-refractivity contribution < 1.29 is 14.3 Å². The summed E-state index contributed by atoms with van der Waals surface area (Å²) in [5.74, 6) is 0.312. The van der Waals surface area contributed by atoms with Crippen LogP contribution in [0.5, 0.6) is 5.75 Å². The molecule has 3 aromatic rings. The van der Waals surface area contributed by atoms with Crippen LogP contribution >= 0.6 is 22.7 Å². The molecule has 3 heterocycles. The summed E-state index contributed by atoms with van der Waals surface area (Å²) in [6.45, 7) is 5.80. The van der Waals surface area contributed by atoms with Crippen LogP contribution < -0.4 is 19.6 Å². The zero-order valence-corrected chi connectivity index (χ0v) is 19.3. The summed E-state index contributed by atoms with van der Waals surface area (Å²) >= 11 is 2.84. The summed E-state index contributed by atoms with van der Waals surface area (Å²) in [4.78, 5) is 32.4. The number of aromatic nitrogens is 1. The number of carbonyl (C=O) groups is 1. The van der Waals surface area contributed by atoms with E-state index in [0.29, 0.717) is 20.6 Å². The number of hydrogen-bond donors (Lipinski definition) is 0. The third-order valence-corrected chi connectivity index (χ3v) is 7.13. The largest absolute Gasteiger partial charge is 0.497 e. The molecule has 0 aliphatic carbocycles. The summed E-state index contributed by atoms with van der Waals surface area (Å²) in [5, 5.41) is 1.97. The molecule has 1 aliphatic rings. The van der Waals surface area contributed by atoms with Gasteiger partial charge < -0.3 is 9.47 Å². The number of allylic oxidation sites excluding steroid dienone is 1. The lowest BCUT2D eigenvalue weighted by atomic mass is 10.00. The summed E-state index contributed by atoms with van der Waals surface area (Å²) in [7, 11) is 1.61. The van der Waals surface area contributed by atoms with Crippen molar-refractivity contribution in [3.63, 3.8) is 0 Å². The fourth-order valence-corrected chi connectivity index (χ4v) is 5.63. The first-order valence-electron chi connectivity index (χ1n) is 9.82. The minimum atomic E-state index is -0.548. The number of nitrogens with zero attached hydrogens (tertiary/aromatic N) is 2. The highest BCUT2D eigenvalue weighted by molar-refractivity contribution is 7.10. The van der Waals surface area contributed by atoms with Gasteiger partial charge in [-0.05, 0) is 61.6 Å². The molecule has 0 N–H and O–H groups in total. The highest BCUT2D eigenvalue weighted by atomic mass is 32.1. The highest BCUT2D eigenvalue weighted by Crippen LogP contribution is 2.35. The molecule has 0 fully saturated rings. The molecule has 0 radical (unpaired) electrons. The SMILES string of the molecule is CCOC(=O)C1=C(C)N=c2s/c(=C/c3ccc(OC)cc3)c(=O)n2C1c1sccc1C. The zero-order chi connectivity index (χ0) is 22.1. The first kappa shape index (κ1) is 21.3. The van der Waals surface area contributed by atoms with Crippen molar-refractivity contribution in [2.45, 2.75) is 26.8 Å². The number of esters is 1. The van der Waals surface area contributed by atoms with E-state index in [2.05, 4.69) is 4.99 Å². The number of methoxy groups -OCH3 is 1. The molecule has 160 valence electrons. The van der Waals surface area contributed by atoms with E-state index < -0.39 is 12.0 Å². The van der Waals surface area contributed by atoms with Crippen LogP contribution in [-0.2, 0) is 9.53 Å². The van der Waals surface area contributed by atoms with Gasteiger partial charge in [-0.15, -0.1) is 11.3 Å². The lowest BCUT2D eigenvalue weighted by molar-refractivity contribution is -0.139. The van der Waals surface area contributed by atoms with Gasteiger partial charge in [0.2, 0.25) is 0 Å². The van der Waals surface area contributed by atoms with E-state index in [9.17, 15) is 9.59 Å². The molecule has 6 nitrogen and oxygen atoms in total. The third kappa shape index (κ3) is 3.88. The fraction of sp³-hybridized carbons (Fsp3) is 0.261. The van der Waals surface area contributed by atoms with Crippen LogP contribution in [0.3, 0.4) is 0 Å². The van der Waals surface area contributed by atoms with Gasteiger partial charge in [-0.1, -0.05) is 23.5 Å². The van der Waals surface area contributed by atoms with Gasteiger partial charge in [0.15, 0.2) is 4.80 Å². The van der Waals surface area contributed by atoms with Crippen LogP contribution in [0.4, 0.5) is 0 Å². The Kier molecular flexibility index (Phi) is 5.93. The number of benzene rings is 1. The van der Waals surface area contributed by atoms with Gasteiger partial charge in [0, 0.05) is 4.88 Å². The molecule has 8 heteroatoms. The average Bonchev–Trinajstić information content (AvgIpc) is 3.30. The molecular formula is C23H22N2O4S2. The monoisotopic (exact) mass is 454 g/mol. The van der Waals surface area contributed by atoms with E-state index in [1.54, 1.807) is 25.5 Å². The van der Waals surface area contributed by atoms with Gasteiger partial charge in [-0.25, -0.2) is 9.79 Å². The molecule has 31 heavy (non-hydrogen) atoms. The van der Waals surface area contributed by atoms with Crippen molar-refractivity contribution in [3.8, 4) is 5.75 Å². The fourth-order valence-electron chi connectivity index (χ4n) is 3.56. The number of thiazole rings is 1. The minimum Gasteiger partial charge on any atom is -0.497 e. The first-order valence-corrected chi connectivity index (χ1v) is 11.5. The lowest BCUT2D eigenvalue weighted by Crippen LogP contribution is -2.39. The van der Waals surface area contributed by atoms with Gasteiger partial charge in [0.25, 0.3) is 5.56 Å². The number of rotatable bonds is 5. The van der Waals surface area contributed by atoms with Gasteiger partial charge in [-0.3, -0.25) is 9.36 Å². The number of aryl methyl sites for hydroxylation is 1. The maximum Gasteiger partial charge on any atom is 0.338 e. The van der Waals surface area contributed by atoms with Crippen LogP contribution in [0.1, 0.15) is 35.9 Å². The highest BCUT2D eigenvalue weighted by Gasteiger charge is 2.34. The smallest absolute Gasteiger partial charge is 0.338 e. The Morgan fingerprint density at radius 1 is 1.23 bits per heavy atom. The number of fused-ring (bicyclic) bond motifs is 1. The normalized spacial score (nSPS) is 16.1. The Balaban J connectivity index is 1.92. The molecule has 1 aromatic carbocycles. The Labute approximate surface area is 187 Å². The Morgan fingerprint density at radius 2 is 1.97 bits per heavy atom. The Morgan fingerprint density at radius 3 is 2.58 bits per heavy atom. The predicted molar refractivity (Wildman–Crippen MR) is 122 cm³/mol. The lowest BCUT2D eigenvalue weighted by Gasteiger charge is -2.24. The third-order valence-electron chi connectivity index (χ3n) is 5.08. The summed E-state index contributed by atoms with van der Waals surface area (Å²) < 4.78 is 12.7. The second kappa shape index (κ2) is 8.64. The van der Waals surface area contributed by atoms with Gasteiger partial charge in [-0.2, -0.15) is 0 Å². The molecule has 1 unspecified atom stereocenters.